The van der Waals surface area contributed by atoms with Gasteiger partial charge in [-0.3, -0.25) is 4.79 Å². The maximum atomic E-state index is 11.9. The van der Waals surface area contributed by atoms with Crippen LogP contribution in [0.3, 0.4) is 0 Å². The topological polar surface area (TPSA) is 55.6 Å². The van der Waals surface area contributed by atoms with Gasteiger partial charge < -0.3 is 15.4 Å². The number of likely N-dealkylation sites (N-methyl/N-ethyl adjacent to an activating group) is 1. The number of nitrogens with zero attached hydrogens (tertiary/aromatic N) is 1. The molecule has 1 unspecified atom stereocenters. The van der Waals surface area contributed by atoms with Gasteiger partial charge in [-0.25, -0.2) is 0 Å². The molecule has 0 aliphatic rings. The molecule has 0 bridgehead atoms. The molecule has 0 fully saturated rings. The fourth-order valence-corrected chi connectivity index (χ4v) is 1.99. The van der Waals surface area contributed by atoms with Crippen LogP contribution in [0.1, 0.15) is 31.7 Å². The lowest BCUT2D eigenvalue weighted by Gasteiger charge is -2.20. The van der Waals surface area contributed by atoms with Crippen LogP contribution in [0.15, 0.2) is 24.3 Å². The molecule has 0 aliphatic heterocycles. The van der Waals surface area contributed by atoms with Crippen LogP contribution in [-0.2, 0) is 4.79 Å². The van der Waals surface area contributed by atoms with E-state index in [4.69, 9.17) is 10.5 Å². The lowest BCUT2D eigenvalue weighted by atomic mass is 10.1. The van der Waals surface area contributed by atoms with Gasteiger partial charge in [0, 0.05) is 19.5 Å². The molecule has 112 valence electrons. The fourth-order valence-electron chi connectivity index (χ4n) is 1.99. The zero-order valence-electron chi connectivity index (χ0n) is 12.8. The van der Waals surface area contributed by atoms with Crippen LogP contribution >= 0.6 is 0 Å². The van der Waals surface area contributed by atoms with E-state index in [0.717, 1.165) is 24.2 Å². The number of benzene rings is 1. The number of amides is 1. The summed E-state index contributed by atoms with van der Waals surface area (Å²) >= 11 is 0. The Morgan fingerprint density at radius 1 is 1.40 bits per heavy atom. The van der Waals surface area contributed by atoms with E-state index in [2.05, 4.69) is 6.92 Å². The van der Waals surface area contributed by atoms with E-state index < -0.39 is 0 Å². The Labute approximate surface area is 121 Å². The predicted octanol–water partition coefficient (Wildman–Crippen LogP) is 2.35. The molecule has 0 heterocycles. The summed E-state index contributed by atoms with van der Waals surface area (Å²) in [7, 11) is 1.79. The average molecular weight is 278 g/mol. The van der Waals surface area contributed by atoms with Crippen molar-refractivity contribution in [1.29, 1.82) is 0 Å². The molecule has 1 aromatic carbocycles. The number of rotatable bonds is 8. The van der Waals surface area contributed by atoms with E-state index in [0.29, 0.717) is 19.6 Å². The van der Waals surface area contributed by atoms with Gasteiger partial charge in [0.1, 0.15) is 12.4 Å². The van der Waals surface area contributed by atoms with Crippen LogP contribution in [0.4, 0.5) is 0 Å². The molecule has 20 heavy (non-hydrogen) atoms. The molecule has 0 aliphatic carbocycles. The molecule has 4 nitrogen and oxygen atoms in total. The van der Waals surface area contributed by atoms with Crippen molar-refractivity contribution in [3.05, 3.63) is 29.8 Å². The van der Waals surface area contributed by atoms with Gasteiger partial charge in [0.2, 0.25) is 5.91 Å². The maximum absolute atomic E-state index is 11.9. The van der Waals surface area contributed by atoms with Gasteiger partial charge >= 0.3 is 0 Å². The number of hydrogen-bond acceptors (Lipinski definition) is 3. The van der Waals surface area contributed by atoms with Gasteiger partial charge in [-0.2, -0.15) is 0 Å². The van der Waals surface area contributed by atoms with Crippen molar-refractivity contribution in [1.82, 2.24) is 4.90 Å². The van der Waals surface area contributed by atoms with Crippen LogP contribution < -0.4 is 10.5 Å². The molecule has 1 rings (SSSR count). The summed E-state index contributed by atoms with van der Waals surface area (Å²) in [4.78, 5) is 13.6. The molecule has 1 aromatic rings. The van der Waals surface area contributed by atoms with E-state index in [1.54, 1.807) is 11.9 Å². The van der Waals surface area contributed by atoms with Crippen LogP contribution in [0.25, 0.3) is 0 Å². The summed E-state index contributed by atoms with van der Waals surface area (Å²) in [5, 5.41) is 0. The Balaban J connectivity index is 2.31. The molecule has 0 saturated heterocycles. The first-order chi connectivity index (χ1) is 9.54. The van der Waals surface area contributed by atoms with E-state index in [1.165, 1.54) is 0 Å². The lowest BCUT2D eigenvalue weighted by Crippen LogP contribution is -2.35. The summed E-state index contributed by atoms with van der Waals surface area (Å²) in [6.45, 7) is 5.15. The second-order valence-electron chi connectivity index (χ2n) is 5.18. The van der Waals surface area contributed by atoms with Crippen molar-refractivity contribution in [3.63, 3.8) is 0 Å². The number of ether oxygens (including phenoxy) is 1. The highest BCUT2D eigenvalue weighted by Crippen LogP contribution is 2.15. The van der Waals surface area contributed by atoms with Crippen molar-refractivity contribution in [2.24, 2.45) is 5.73 Å². The number of hydrogen-bond donors (Lipinski definition) is 1. The third kappa shape index (κ3) is 5.61. The average Bonchev–Trinajstić information content (AvgIpc) is 2.41. The first kappa shape index (κ1) is 16.5. The summed E-state index contributed by atoms with van der Waals surface area (Å²) in [5.41, 5.74) is 6.99. The molecule has 1 amide bonds. The zero-order valence-corrected chi connectivity index (χ0v) is 12.8. The van der Waals surface area contributed by atoms with Gasteiger partial charge in [0.05, 0.1) is 6.54 Å². The third-order valence-corrected chi connectivity index (χ3v) is 3.30. The van der Waals surface area contributed by atoms with Crippen molar-refractivity contribution in [2.45, 2.75) is 39.2 Å². The highest BCUT2D eigenvalue weighted by atomic mass is 16.5. The Hall–Kier alpha value is -1.55. The molecule has 0 spiro atoms. The van der Waals surface area contributed by atoms with Gasteiger partial charge in [-0.05, 0) is 25.0 Å². The number of para-hydroxylation sites is 1. The number of aryl methyl sites for hydroxylation is 1. The van der Waals surface area contributed by atoms with Crippen LogP contribution in [0.5, 0.6) is 5.75 Å². The highest BCUT2D eigenvalue weighted by molar-refractivity contribution is 5.76. The first-order valence-electron chi connectivity index (χ1n) is 7.22. The lowest BCUT2D eigenvalue weighted by molar-refractivity contribution is -0.130. The van der Waals surface area contributed by atoms with Crippen LogP contribution in [0, 0.1) is 6.92 Å². The summed E-state index contributed by atoms with van der Waals surface area (Å²) in [6, 6.07) is 7.84. The van der Waals surface area contributed by atoms with Crippen molar-refractivity contribution in [2.75, 3.05) is 20.2 Å². The summed E-state index contributed by atoms with van der Waals surface area (Å²) in [6.07, 6.45) is 2.31. The Morgan fingerprint density at radius 3 is 2.75 bits per heavy atom. The quantitative estimate of drug-likeness (QED) is 0.794. The fraction of sp³-hybridized carbons (Fsp3) is 0.562. The monoisotopic (exact) mass is 278 g/mol. The standard InChI is InChI=1S/C16H26N2O2/c1-4-7-14(17)12-16(19)18(3)10-11-20-15-9-6-5-8-13(15)2/h5-6,8-9,14H,4,7,10-12,17H2,1-3H3. The smallest absolute Gasteiger partial charge is 0.223 e. The highest BCUT2D eigenvalue weighted by Gasteiger charge is 2.13. The van der Waals surface area contributed by atoms with E-state index >= 15 is 0 Å². The first-order valence-corrected chi connectivity index (χ1v) is 7.22. The molecule has 2 N–H and O–H groups in total. The molecule has 0 saturated carbocycles. The minimum Gasteiger partial charge on any atom is -0.491 e. The second-order valence-corrected chi connectivity index (χ2v) is 5.18. The molecular weight excluding hydrogens is 252 g/mol. The minimum atomic E-state index is -0.0350. The van der Waals surface area contributed by atoms with Crippen molar-refractivity contribution in [3.8, 4) is 5.75 Å². The Kier molecular flexibility index (Phi) is 7.09. The van der Waals surface area contributed by atoms with Gasteiger partial charge in [-0.1, -0.05) is 31.5 Å². The summed E-state index contributed by atoms with van der Waals surface area (Å²) in [5.74, 6) is 0.954. The van der Waals surface area contributed by atoms with Gasteiger partial charge in [-0.15, -0.1) is 0 Å². The van der Waals surface area contributed by atoms with E-state index in [-0.39, 0.29) is 11.9 Å². The molecule has 1 atom stereocenters. The minimum absolute atomic E-state index is 0.0350. The SMILES string of the molecule is CCCC(N)CC(=O)N(C)CCOc1ccccc1C. The zero-order chi connectivity index (χ0) is 15.0. The predicted molar refractivity (Wildman–Crippen MR) is 81.8 cm³/mol. The van der Waals surface area contributed by atoms with Crippen molar-refractivity contribution < 1.29 is 9.53 Å². The third-order valence-electron chi connectivity index (χ3n) is 3.30. The van der Waals surface area contributed by atoms with E-state index in [9.17, 15) is 4.79 Å². The van der Waals surface area contributed by atoms with Crippen LogP contribution in [0.2, 0.25) is 0 Å². The molecule has 0 aromatic heterocycles. The van der Waals surface area contributed by atoms with Gasteiger partial charge in [0.25, 0.3) is 0 Å². The van der Waals surface area contributed by atoms with E-state index in [1.807, 2.05) is 31.2 Å². The summed E-state index contributed by atoms with van der Waals surface area (Å²) < 4.78 is 5.68. The van der Waals surface area contributed by atoms with Crippen LogP contribution in [-0.4, -0.2) is 37.0 Å². The van der Waals surface area contributed by atoms with Gasteiger partial charge in [0.15, 0.2) is 0 Å². The Bertz CT molecular complexity index is 421. The maximum Gasteiger partial charge on any atom is 0.223 e. The number of nitrogens with two attached hydrogens (primary N) is 1. The van der Waals surface area contributed by atoms with Crippen molar-refractivity contribution >= 4 is 5.91 Å². The normalized spacial score (nSPS) is 12.0. The number of carbonyl (C=O) groups excluding carboxylic acids is 1. The largest absolute Gasteiger partial charge is 0.491 e. The molecule has 0 radical (unpaired) electrons. The Morgan fingerprint density at radius 2 is 2.10 bits per heavy atom. The number of carbonyl (C=O) groups is 1. The molecule has 4 heteroatoms. The molecular formula is C16H26N2O2. The second kappa shape index (κ2) is 8.59.